The number of cyclic esters (lactones) is 1. The van der Waals surface area contributed by atoms with Crippen molar-refractivity contribution in [3.05, 3.63) is 12.7 Å². The van der Waals surface area contributed by atoms with Crippen molar-refractivity contribution in [2.24, 2.45) is 0 Å². The summed E-state index contributed by atoms with van der Waals surface area (Å²) in [5, 5.41) is 0. The van der Waals surface area contributed by atoms with E-state index < -0.39 is 24.2 Å². The van der Waals surface area contributed by atoms with E-state index in [1.54, 1.807) is 0 Å². The molecule has 0 aromatic carbocycles. The summed E-state index contributed by atoms with van der Waals surface area (Å²) in [6.07, 6.45) is -2.13. The van der Waals surface area contributed by atoms with Crippen LogP contribution < -0.4 is 0 Å². The van der Waals surface area contributed by atoms with Crippen molar-refractivity contribution >= 4 is 11.9 Å². The fourth-order valence-electron chi connectivity index (χ4n) is 0.774. The maximum Gasteiger partial charge on any atom is 0.350 e. The smallest absolute Gasteiger partial charge is 0.350 e. The first-order chi connectivity index (χ1) is 5.65. The lowest BCUT2D eigenvalue weighted by Crippen LogP contribution is -2.29. The molecular weight excluding hydrogens is 167 g/mol. The second-order valence-corrected chi connectivity index (χ2v) is 2.21. The minimum Gasteiger partial charge on any atom is -0.460 e. The standard InChI is InChI=1S/C7H7FO4/c1-2-5(9)12-6-4(8)3-11-7(6)10/h2,4,6H,1,3H2. The van der Waals surface area contributed by atoms with Crippen LogP contribution in [-0.4, -0.2) is 30.8 Å². The minimum absolute atomic E-state index is 0.353. The molecule has 0 radical (unpaired) electrons. The second-order valence-electron chi connectivity index (χ2n) is 2.21. The summed E-state index contributed by atoms with van der Waals surface area (Å²) in [7, 11) is 0. The number of carbonyl (C=O) groups is 2. The van der Waals surface area contributed by atoms with E-state index in [1.807, 2.05) is 0 Å². The number of esters is 2. The van der Waals surface area contributed by atoms with Gasteiger partial charge in [0.15, 0.2) is 6.17 Å². The molecule has 0 bridgehead atoms. The third-order valence-corrected chi connectivity index (χ3v) is 1.36. The Bertz CT molecular complexity index is 225. The van der Waals surface area contributed by atoms with Gasteiger partial charge in [-0.15, -0.1) is 0 Å². The Morgan fingerprint density at radius 2 is 2.50 bits per heavy atom. The van der Waals surface area contributed by atoms with Gasteiger partial charge in [-0.2, -0.15) is 0 Å². The number of halogens is 1. The van der Waals surface area contributed by atoms with Crippen molar-refractivity contribution in [3.8, 4) is 0 Å². The largest absolute Gasteiger partial charge is 0.460 e. The fraction of sp³-hybridized carbons (Fsp3) is 0.429. The van der Waals surface area contributed by atoms with E-state index in [0.717, 1.165) is 6.08 Å². The van der Waals surface area contributed by atoms with Gasteiger partial charge in [0.25, 0.3) is 0 Å². The number of hydrogen-bond donors (Lipinski definition) is 0. The van der Waals surface area contributed by atoms with Crippen molar-refractivity contribution in [2.45, 2.75) is 12.3 Å². The number of ether oxygens (including phenoxy) is 2. The van der Waals surface area contributed by atoms with Gasteiger partial charge >= 0.3 is 11.9 Å². The molecule has 2 unspecified atom stereocenters. The molecule has 66 valence electrons. The van der Waals surface area contributed by atoms with E-state index in [1.165, 1.54) is 0 Å². The normalized spacial score (nSPS) is 27.9. The number of alkyl halides is 1. The molecule has 4 nitrogen and oxygen atoms in total. The first-order valence-corrected chi connectivity index (χ1v) is 3.29. The molecule has 1 rings (SSSR count). The topological polar surface area (TPSA) is 52.6 Å². The molecule has 5 heteroatoms. The Hall–Kier alpha value is -1.39. The Kier molecular flexibility index (Phi) is 2.42. The predicted octanol–water partition coefficient (Wildman–Crippen LogP) is -0.0209. The molecule has 0 aliphatic carbocycles. The van der Waals surface area contributed by atoms with E-state index in [-0.39, 0.29) is 6.61 Å². The number of rotatable bonds is 2. The first-order valence-electron chi connectivity index (χ1n) is 3.29. The van der Waals surface area contributed by atoms with Crippen LogP contribution in [0.4, 0.5) is 4.39 Å². The molecular formula is C7H7FO4. The van der Waals surface area contributed by atoms with Crippen LogP contribution in [-0.2, 0) is 19.1 Å². The average molecular weight is 174 g/mol. The fourth-order valence-corrected chi connectivity index (χ4v) is 0.774. The van der Waals surface area contributed by atoms with Gasteiger partial charge in [-0.25, -0.2) is 14.0 Å². The SMILES string of the molecule is C=CC(=O)OC1C(=O)OCC1F. The molecule has 1 fully saturated rings. The van der Waals surface area contributed by atoms with Gasteiger partial charge in [0.2, 0.25) is 6.10 Å². The molecule has 0 aromatic heterocycles. The Labute approximate surface area is 67.9 Å². The summed E-state index contributed by atoms with van der Waals surface area (Å²) in [5.74, 6) is -1.68. The zero-order valence-electron chi connectivity index (χ0n) is 6.16. The summed E-state index contributed by atoms with van der Waals surface area (Å²) < 4.78 is 21.4. The average Bonchev–Trinajstić information content (AvgIpc) is 2.35. The number of hydrogen-bond acceptors (Lipinski definition) is 4. The zero-order chi connectivity index (χ0) is 9.14. The van der Waals surface area contributed by atoms with Gasteiger partial charge in [0.1, 0.15) is 6.61 Å². The van der Waals surface area contributed by atoms with Gasteiger partial charge in [-0.3, -0.25) is 0 Å². The van der Waals surface area contributed by atoms with Crippen molar-refractivity contribution in [1.82, 2.24) is 0 Å². The molecule has 0 saturated carbocycles. The van der Waals surface area contributed by atoms with Crippen LogP contribution in [0.3, 0.4) is 0 Å². The monoisotopic (exact) mass is 174 g/mol. The van der Waals surface area contributed by atoms with Crippen LogP contribution in [0.2, 0.25) is 0 Å². The molecule has 0 spiro atoms. The molecule has 0 aromatic rings. The van der Waals surface area contributed by atoms with Crippen molar-refractivity contribution in [2.75, 3.05) is 6.61 Å². The molecule has 1 aliphatic heterocycles. The Balaban J connectivity index is 2.55. The number of carbonyl (C=O) groups excluding carboxylic acids is 2. The van der Waals surface area contributed by atoms with E-state index in [2.05, 4.69) is 16.1 Å². The summed E-state index contributed by atoms with van der Waals surface area (Å²) in [6.45, 7) is 2.75. The van der Waals surface area contributed by atoms with Crippen LogP contribution in [0, 0.1) is 0 Å². The highest BCUT2D eigenvalue weighted by atomic mass is 19.1. The molecule has 1 heterocycles. The van der Waals surface area contributed by atoms with E-state index in [4.69, 9.17) is 0 Å². The van der Waals surface area contributed by atoms with Crippen LogP contribution in [0.25, 0.3) is 0 Å². The summed E-state index contributed by atoms with van der Waals surface area (Å²) >= 11 is 0. The van der Waals surface area contributed by atoms with Crippen molar-refractivity contribution in [1.29, 1.82) is 0 Å². The van der Waals surface area contributed by atoms with Crippen molar-refractivity contribution in [3.63, 3.8) is 0 Å². The minimum atomic E-state index is -1.57. The van der Waals surface area contributed by atoms with Crippen LogP contribution >= 0.6 is 0 Å². The van der Waals surface area contributed by atoms with Gasteiger partial charge in [0.05, 0.1) is 0 Å². The highest BCUT2D eigenvalue weighted by Crippen LogP contribution is 2.14. The lowest BCUT2D eigenvalue weighted by atomic mass is 10.3. The van der Waals surface area contributed by atoms with E-state index in [9.17, 15) is 14.0 Å². The molecule has 1 saturated heterocycles. The lowest BCUT2D eigenvalue weighted by Gasteiger charge is -2.07. The lowest BCUT2D eigenvalue weighted by molar-refractivity contribution is -0.158. The summed E-state index contributed by atoms with van der Waals surface area (Å²) in [4.78, 5) is 21.2. The van der Waals surface area contributed by atoms with Gasteiger partial charge in [0, 0.05) is 6.08 Å². The summed E-state index contributed by atoms with van der Waals surface area (Å²) in [5.41, 5.74) is 0. The van der Waals surface area contributed by atoms with Crippen LogP contribution in [0.1, 0.15) is 0 Å². The molecule has 12 heavy (non-hydrogen) atoms. The first kappa shape index (κ1) is 8.70. The molecule has 1 aliphatic rings. The van der Waals surface area contributed by atoms with Crippen molar-refractivity contribution < 1.29 is 23.5 Å². The predicted molar refractivity (Wildman–Crippen MR) is 35.9 cm³/mol. The maximum absolute atomic E-state index is 12.7. The van der Waals surface area contributed by atoms with Gasteiger partial charge in [-0.1, -0.05) is 6.58 Å². The highest BCUT2D eigenvalue weighted by Gasteiger charge is 2.40. The van der Waals surface area contributed by atoms with Gasteiger partial charge in [-0.05, 0) is 0 Å². The molecule has 0 N–H and O–H groups in total. The van der Waals surface area contributed by atoms with E-state index >= 15 is 0 Å². The van der Waals surface area contributed by atoms with Gasteiger partial charge < -0.3 is 9.47 Å². The second kappa shape index (κ2) is 3.34. The zero-order valence-corrected chi connectivity index (χ0v) is 6.16. The quantitative estimate of drug-likeness (QED) is 0.436. The van der Waals surface area contributed by atoms with E-state index in [0.29, 0.717) is 0 Å². The summed E-state index contributed by atoms with van der Waals surface area (Å²) in [6, 6.07) is 0. The van der Waals surface area contributed by atoms with Crippen LogP contribution in [0.15, 0.2) is 12.7 Å². The highest BCUT2D eigenvalue weighted by molar-refractivity contribution is 5.86. The third-order valence-electron chi connectivity index (χ3n) is 1.36. The third kappa shape index (κ3) is 1.61. The molecule has 2 atom stereocenters. The Morgan fingerprint density at radius 1 is 1.83 bits per heavy atom. The van der Waals surface area contributed by atoms with Crippen LogP contribution in [0.5, 0.6) is 0 Å². The maximum atomic E-state index is 12.7. The Morgan fingerprint density at radius 3 is 2.92 bits per heavy atom. The molecule has 0 amide bonds.